The van der Waals surface area contributed by atoms with E-state index in [0.29, 0.717) is 19.0 Å². The molecule has 5 nitrogen and oxygen atoms in total. The summed E-state index contributed by atoms with van der Waals surface area (Å²) in [6.07, 6.45) is 4.26. The highest BCUT2D eigenvalue weighted by Crippen LogP contribution is 2.36. The minimum atomic E-state index is -0.211. The third-order valence-corrected chi connectivity index (χ3v) is 5.72. The van der Waals surface area contributed by atoms with Crippen LogP contribution in [0.15, 0.2) is 48.5 Å². The van der Waals surface area contributed by atoms with Crippen LogP contribution < -0.4 is 10.1 Å². The van der Waals surface area contributed by atoms with Gasteiger partial charge in [0.1, 0.15) is 17.4 Å². The lowest BCUT2D eigenvalue weighted by Gasteiger charge is -2.29. The van der Waals surface area contributed by atoms with E-state index in [4.69, 9.17) is 4.74 Å². The van der Waals surface area contributed by atoms with Gasteiger partial charge in [-0.2, -0.15) is 0 Å². The lowest BCUT2D eigenvalue weighted by Crippen LogP contribution is -2.24. The molecule has 1 saturated carbocycles. The fraction of sp³-hybridized carbons (Fsp3) is 0.364. The van der Waals surface area contributed by atoms with Crippen molar-refractivity contribution in [2.24, 2.45) is 0 Å². The van der Waals surface area contributed by atoms with Crippen LogP contribution in [-0.2, 0) is 13.1 Å². The van der Waals surface area contributed by atoms with Crippen molar-refractivity contribution in [2.45, 2.75) is 50.8 Å². The normalized spacial score (nSPS) is 21.5. The summed E-state index contributed by atoms with van der Waals surface area (Å²) in [6.45, 7) is 1.27. The number of aromatic nitrogens is 3. The molecule has 144 valence electrons. The second-order valence-corrected chi connectivity index (χ2v) is 7.59. The Labute approximate surface area is 163 Å². The summed E-state index contributed by atoms with van der Waals surface area (Å²) in [7, 11) is 0. The van der Waals surface area contributed by atoms with Gasteiger partial charge < -0.3 is 10.1 Å². The molecule has 0 radical (unpaired) electrons. The quantitative estimate of drug-likeness (QED) is 0.745. The molecular formula is C22H23FN4O. The highest BCUT2D eigenvalue weighted by molar-refractivity contribution is 5.44. The predicted octanol–water partition coefficient (Wildman–Crippen LogP) is 4.11. The summed E-state index contributed by atoms with van der Waals surface area (Å²) >= 11 is 0. The number of benzene rings is 2. The first-order chi connectivity index (χ1) is 13.8. The number of hydrogen-bond donors (Lipinski definition) is 1. The summed E-state index contributed by atoms with van der Waals surface area (Å²) < 4.78 is 22.0. The van der Waals surface area contributed by atoms with E-state index in [9.17, 15) is 4.39 Å². The van der Waals surface area contributed by atoms with Crippen molar-refractivity contribution >= 4 is 0 Å². The molecule has 0 saturated heterocycles. The maximum Gasteiger partial charge on any atom is 0.151 e. The highest BCUT2D eigenvalue weighted by Gasteiger charge is 2.30. The smallest absolute Gasteiger partial charge is 0.151 e. The summed E-state index contributed by atoms with van der Waals surface area (Å²) in [5.41, 5.74) is 1.94. The zero-order valence-electron chi connectivity index (χ0n) is 15.6. The molecule has 0 amide bonds. The molecule has 2 heterocycles. The number of rotatable bonds is 3. The van der Waals surface area contributed by atoms with Gasteiger partial charge in [-0.1, -0.05) is 18.2 Å². The van der Waals surface area contributed by atoms with E-state index in [1.54, 1.807) is 6.07 Å². The second-order valence-electron chi connectivity index (χ2n) is 7.59. The molecule has 2 aromatic carbocycles. The van der Waals surface area contributed by atoms with Crippen molar-refractivity contribution in [3.8, 4) is 11.4 Å². The number of fused-ring (bicyclic) bond motifs is 3. The molecule has 1 N–H and O–H groups in total. The van der Waals surface area contributed by atoms with E-state index in [1.165, 1.54) is 6.07 Å². The van der Waals surface area contributed by atoms with E-state index < -0.39 is 0 Å². The first kappa shape index (κ1) is 17.4. The predicted molar refractivity (Wildman–Crippen MR) is 104 cm³/mol. The lowest BCUT2D eigenvalue weighted by atomic mass is 9.86. The fourth-order valence-corrected chi connectivity index (χ4v) is 4.32. The molecule has 1 fully saturated rings. The molecule has 5 rings (SSSR count). The Morgan fingerprint density at radius 3 is 2.61 bits per heavy atom. The van der Waals surface area contributed by atoms with Gasteiger partial charge in [0.05, 0.1) is 18.3 Å². The monoisotopic (exact) mass is 378 g/mol. The van der Waals surface area contributed by atoms with Gasteiger partial charge in [0.2, 0.25) is 0 Å². The van der Waals surface area contributed by atoms with Crippen LogP contribution in [0.5, 0.6) is 5.75 Å². The number of halogens is 1. The van der Waals surface area contributed by atoms with Crippen molar-refractivity contribution in [3.63, 3.8) is 0 Å². The van der Waals surface area contributed by atoms with Crippen LogP contribution in [0.4, 0.5) is 4.39 Å². The molecule has 1 aromatic heterocycles. The van der Waals surface area contributed by atoms with Gasteiger partial charge in [0.15, 0.2) is 5.82 Å². The minimum absolute atomic E-state index is 0.211. The van der Waals surface area contributed by atoms with Crippen molar-refractivity contribution in [2.75, 3.05) is 0 Å². The zero-order valence-corrected chi connectivity index (χ0v) is 15.6. The second kappa shape index (κ2) is 7.36. The van der Waals surface area contributed by atoms with Crippen LogP contribution in [0.3, 0.4) is 0 Å². The van der Waals surface area contributed by atoms with Crippen LogP contribution in [-0.4, -0.2) is 20.9 Å². The van der Waals surface area contributed by atoms with Gasteiger partial charge in [0.25, 0.3) is 0 Å². The van der Waals surface area contributed by atoms with E-state index in [2.05, 4.69) is 20.1 Å². The maximum atomic E-state index is 13.7. The Hall–Kier alpha value is -2.73. The maximum absolute atomic E-state index is 13.7. The number of para-hydroxylation sites is 1. The van der Waals surface area contributed by atoms with Crippen molar-refractivity contribution in [3.05, 3.63) is 71.6 Å². The number of hydrogen-bond acceptors (Lipinski definition) is 4. The topological polar surface area (TPSA) is 52.0 Å². The van der Waals surface area contributed by atoms with Gasteiger partial charge in [-0.15, -0.1) is 10.2 Å². The average Bonchev–Trinajstić information content (AvgIpc) is 3.05. The molecule has 6 heteroatoms. The van der Waals surface area contributed by atoms with Crippen LogP contribution in [0.2, 0.25) is 0 Å². The highest BCUT2D eigenvalue weighted by atomic mass is 19.1. The van der Waals surface area contributed by atoms with Crippen LogP contribution >= 0.6 is 0 Å². The van der Waals surface area contributed by atoms with Gasteiger partial charge in [-0.3, -0.25) is 4.57 Å². The van der Waals surface area contributed by atoms with Crippen molar-refractivity contribution in [1.82, 2.24) is 20.1 Å². The largest absolute Gasteiger partial charge is 0.490 e. The molecule has 0 bridgehead atoms. The summed E-state index contributed by atoms with van der Waals surface area (Å²) in [5, 5.41) is 12.3. The number of ether oxygens (including phenoxy) is 1. The Bertz CT molecular complexity index is 964. The van der Waals surface area contributed by atoms with Crippen LogP contribution in [0, 0.1) is 5.82 Å². The Morgan fingerprint density at radius 2 is 1.79 bits per heavy atom. The third-order valence-electron chi connectivity index (χ3n) is 5.72. The molecule has 0 atom stereocenters. The van der Waals surface area contributed by atoms with Crippen LogP contribution in [0.1, 0.15) is 48.8 Å². The molecule has 2 aliphatic rings. The average molecular weight is 378 g/mol. The number of nitrogens with one attached hydrogen (secondary N) is 1. The standard InChI is InChI=1S/C22H23FN4O/c23-17-8-11-20-16(12-17)13-24-14-21-25-26-22(27(20)21)15-6-9-19(10-7-15)28-18-4-2-1-3-5-18/h1-5,8,11-12,15,19,24H,6-7,9-10,13-14H2/t15-,19-. The van der Waals surface area contributed by atoms with Crippen LogP contribution in [0.25, 0.3) is 5.69 Å². The molecular weight excluding hydrogens is 355 g/mol. The van der Waals surface area contributed by atoms with E-state index in [0.717, 1.165) is 54.3 Å². The fourth-order valence-electron chi connectivity index (χ4n) is 4.32. The summed E-state index contributed by atoms with van der Waals surface area (Å²) in [4.78, 5) is 0. The van der Waals surface area contributed by atoms with Crippen molar-refractivity contribution in [1.29, 1.82) is 0 Å². The zero-order chi connectivity index (χ0) is 18.9. The first-order valence-electron chi connectivity index (χ1n) is 9.93. The molecule has 1 aliphatic carbocycles. The first-order valence-corrected chi connectivity index (χ1v) is 9.93. The van der Waals surface area contributed by atoms with Gasteiger partial charge in [-0.05, 0) is 61.6 Å². The molecule has 0 unspecified atom stereocenters. The molecule has 3 aromatic rings. The minimum Gasteiger partial charge on any atom is -0.490 e. The van der Waals surface area contributed by atoms with E-state index >= 15 is 0 Å². The third kappa shape index (κ3) is 3.29. The Kier molecular flexibility index (Phi) is 4.56. The SMILES string of the molecule is Fc1ccc2c(c1)CNCc1nnc([C@H]3CC[C@H](Oc4ccccc4)CC3)n1-2. The molecule has 0 spiro atoms. The molecule has 1 aliphatic heterocycles. The van der Waals surface area contributed by atoms with Crippen molar-refractivity contribution < 1.29 is 9.13 Å². The molecule has 28 heavy (non-hydrogen) atoms. The van der Waals surface area contributed by atoms with Gasteiger partial charge in [-0.25, -0.2) is 4.39 Å². The van der Waals surface area contributed by atoms with E-state index in [1.807, 2.05) is 36.4 Å². The van der Waals surface area contributed by atoms with E-state index in [-0.39, 0.29) is 11.9 Å². The summed E-state index contributed by atoms with van der Waals surface area (Å²) in [5.74, 6) is 2.95. The Morgan fingerprint density at radius 1 is 0.964 bits per heavy atom. The van der Waals surface area contributed by atoms with Gasteiger partial charge in [0, 0.05) is 12.5 Å². The summed E-state index contributed by atoms with van der Waals surface area (Å²) in [6, 6.07) is 15.0. The van der Waals surface area contributed by atoms with Gasteiger partial charge >= 0.3 is 0 Å². The lowest BCUT2D eigenvalue weighted by molar-refractivity contribution is 0.144. The number of nitrogens with zero attached hydrogens (tertiary/aromatic N) is 3. The Balaban J connectivity index is 1.37.